The number of methoxy groups -OCH3 is 1. The van der Waals surface area contributed by atoms with Crippen LogP contribution in [0.3, 0.4) is 0 Å². The zero-order valence-corrected chi connectivity index (χ0v) is 36.6. The zero-order chi connectivity index (χ0) is 41.8. The van der Waals surface area contributed by atoms with Gasteiger partial charge in [0.25, 0.3) is 0 Å². The Morgan fingerprint density at radius 2 is 1.38 bits per heavy atom. The number of piperidine rings is 1. The van der Waals surface area contributed by atoms with Crippen LogP contribution in [0.25, 0.3) is 0 Å². The second-order valence-electron chi connectivity index (χ2n) is 20.4. The minimum absolute atomic E-state index is 0.0822. The van der Waals surface area contributed by atoms with Gasteiger partial charge in [-0.05, 0) is 161 Å². The highest BCUT2D eigenvalue weighted by atomic mass is 19.4. The van der Waals surface area contributed by atoms with Crippen LogP contribution in [-0.2, 0) is 39.3 Å². The summed E-state index contributed by atoms with van der Waals surface area (Å²) >= 11 is 0. The molecule has 1 aromatic heterocycles. The first kappa shape index (κ1) is 45.5. The molecule has 2 heterocycles. The van der Waals surface area contributed by atoms with Crippen molar-refractivity contribution < 1.29 is 46.3 Å². The number of anilines is 1. The smallest absolute Gasteiger partial charge is 0.381 e. The maximum atomic E-state index is 13.9. The lowest BCUT2D eigenvalue weighted by Gasteiger charge is -2.70. The van der Waals surface area contributed by atoms with Gasteiger partial charge < -0.3 is 38.1 Å². The van der Waals surface area contributed by atoms with E-state index in [4.69, 9.17) is 33.2 Å². The van der Waals surface area contributed by atoms with Crippen molar-refractivity contribution in [3.8, 4) is 11.8 Å². The molecule has 0 spiro atoms. The van der Waals surface area contributed by atoms with E-state index in [0.29, 0.717) is 48.4 Å². The van der Waals surface area contributed by atoms with Crippen molar-refractivity contribution in [2.24, 2.45) is 10.8 Å². The molecule has 0 amide bonds. The Hall–Kier alpha value is -1.98. The van der Waals surface area contributed by atoms with Gasteiger partial charge in [0.15, 0.2) is 0 Å². The number of halogens is 3. The molecule has 58 heavy (non-hydrogen) atoms. The maximum absolute atomic E-state index is 13.9. The van der Waals surface area contributed by atoms with Crippen LogP contribution in [0.5, 0.6) is 0 Å². The van der Waals surface area contributed by atoms with E-state index in [1.807, 2.05) is 18.7 Å². The molecule has 6 fully saturated rings. The lowest BCUT2D eigenvalue weighted by molar-refractivity contribution is -0.264. The fraction of sp³-hybridized carbons (Fsp3) is 0.848. The van der Waals surface area contributed by atoms with E-state index in [9.17, 15) is 13.2 Å². The molecule has 1 saturated heterocycles. The van der Waals surface area contributed by atoms with Crippen LogP contribution in [0, 0.1) is 22.7 Å². The van der Waals surface area contributed by atoms with E-state index >= 15 is 0 Å². The molecule has 1 aliphatic heterocycles. The lowest BCUT2D eigenvalue weighted by atomic mass is 9.35. The number of hydrogen-bond acceptors (Lipinski definition) is 9. The summed E-state index contributed by atoms with van der Waals surface area (Å²) < 4.78 is 84.0. The minimum Gasteiger partial charge on any atom is -0.381 e. The second-order valence-corrected chi connectivity index (χ2v) is 20.4. The molecule has 0 N–H and O–H groups in total. The molecule has 5 aliphatic carbocycles. The Morgan fingerprint density at radius 3 is 2.02 bits per heavy atom. The Balaban J connectivity index is 0.840. The van der Waals surface area contributed by atoms with Crippen LogP contribution >= 0.6 is 0 Å². The van der Waals surface area contributed by atoms with Gasteiger partial charge in [0.05, 0.1) is 60.5 Å². The summed E-state index contributed by atoms with van der Waals surface area (Å²) in [6.45, 7) is 18.9. The molecule has 5 saturated carbocycles. The fourth-order valence-corrected chi connectivity index (χ4v) is 9.38. The van der Waals surface area contributed by atoms with Crippen LogP contribution in [0.15, 0.2) is 12.1 Å². The van der Waals surface area contributed by atoms with Crippen molar-refractivity contribution in [1.29, 1.82) is 0 Å². The fourth-order valence-electron chi connectivity index (χ4n) is 9.38. The third kappa shape index (κ3) is 13.0. The molecular weight excluding hydrogens is 750 g/mol. The third-order valence-electron chi connectivity index (χ3n) is 12.8. The molecule has 0 unspecified atom stereocenters. The highest BCUT2D eigenvalue weighted by Crippen LogP contribution is 2.73. The molecule has 328 valence electrons. The normalized spacial score (nSPS) is 28.8. The van der Waals surface area contributed by atoms with Gasteiger partial charge in [-0.2, -0.15) is 13.2 Å². The molecule has 0 aromatic carbocycles. The standard InChI is InChI=1S/C46H71F3N2O7/c1-41(2,3)58-39-26-38(27-39)57-35-13-17-51(18-14-35)34-22-33(50-40(23-34)46(47,48)49)12-11-21-56-43(6,7)16-15-42(4,5)55-20-10-9-19-53-31-44-28-45(29-44,30-44)32-54-37-24-36(25-37)52-8/h22-23,35-39H,9-10,13-21,24-32H2,1-8H3. The van der Waals surface area contributed by atoms with Gasteiger partial charge in [0.1, 0.15) is 18.0 Å². The number of aromatic nitrogens is 1. The minimum atomic E-state index is -4.58. The zero-order valence-electron chi connectivity index (χ0n) is 36.6. The first-order valence-corrected chi connectivity index (χ1v) is 21.9. The molecule has 12 heteroatoms. The molecular formula is C46H71F3N2O7. The van der Waals surface area contributed by atoms with Gasteiger partial charge in [-0.25, -0.2) is 4.98 Å². The van der Waals surface area contributed by atoms with E-state index in [0.717, 1.165) is 90.1 Å². The van der Waals surface area contributed by atoms with E-state index in [1.54, 1.807) is 13.2 Å². The first-order valence-electron chi connectivity index (χ1n) is 21.9. The Kier molecular flexibility index (Phi) is 14.6. The van der Waals surface area contributed by atoms with Crippen molar-refractivity contribution in [1.82, 2.24) is 4.98 Å². The molecule has 7 rings (SSSR count). The quantitative estimate of drug-likeness (QED) is 0.0891. The van der Waals surface area contributed by atoms with Crippen LogP contribution in [0.1, 0.15) is 143 Å². The largest absolute Gasteiger partial charge is 0.433 e. The van der Waals surface area contributed by atoms with Crippen molar-refractivity contribution >= 4 is 5.69 Å². The summed E-state index contributed by atoms with van der Waals surface area (Å²) in [5.41, 5.74) is -0.533. The summed E-state index contributed by atoms with van der Waals surface area (Å²) in [5, 5.41) is 0. The van der Waals surface area contributed by atoms with E-state index in [1.165, 1.54) is 19.3 Å². The highest BCUT2D eigenvalue weighted by molar-refractivity contribution is 5.52. The van der Waals surface area contributed by atoms with Crippen LogP contribution in [-0.4, -0.2) is 106 Å². The SMILES string of the molecule is COC1CC(OCC23CC(COCCCCOC(C)(C)CCC(C)(C)OCC#Cc4cc(N5CCC(OC6CC(OC(C)(C)C)C6)CC5)cc(C(F)(F)F)n4)(C2)C3)C1. The number of rotatable bonds is 21. The summed E-state index contributed by atoms with van der Waals surface area (Å²) in [5.74, 6) is 5.76. The average molecular weight is 821 g/mol. The predicted octanol–water partition coefficient (Wildman–Crippen LogP) is 9.32. The lowest BCUT2D eigenvalue weighted by Crippen LogP contribution is -2.66. The van der Waals surface area contributed by atoms with Gasteiger partial charge >= 0.3 is 6.18 Å². The maximum Gasteiger partial charge on any atom is 0.433 e. The van der Waals surface area contributed by atoms with Crippen molar-refractivity contribution in [3.05, 3.63) is 23.5 Å². The number of pyridine rings is 1. The number of unbranched alkanes of at least 4 members (excludes halogenated alkanes) is 1. The molecule has 6 aliphatic rings. The molecule has 0 radical (unpaired) electrons. The van der Waals surface area contributed by atoms with E-state index in [-0.39, 0.29) is 41.8 Å². The van der Waals surface area contributed by atoms with Gasteiger partial charge in [-0.3, -0.25) is 0 Å². The second kappa shape index (κ2) is 18.6. The highest BCUT2D eigenvalue weighted by Gasteiger charge is 2.67. The van der Waals surface area contributed by atoms with Crippen molar-refractivity contribution in [2.45, 2.75) is 185 Å². The van der Waals surface area contributed by atoms with Crippen molar-refractivity contribution in [2.75, 3.05) is 58.1 Å². The Bertz CT molecular complexity index is 1530. The Labute approximate surface area is 346 Å². The van der Waals surface area contributed by atoms with E-state index in [2.05, 4.69) is 51.4 Å². The van der Waals surface area contributed by atoms with Crippen molar-refractivity contribution in [3.63, 3.8) is 0 Å². The van der Waals surface area contributed by atoms with E-state index < -0.39 is 17.5 Å². The topological polar surface area (TPSA) is 80.7 Å². The van der Waals surface area contributed by atoms with Crippen LogP contribution in [0.4, 0.5) is 18.9 Å². The predicted molar refractivity (Wildman–Crippen MR) is 218 cm³/mol. The first-order chi connectivity index (χ1) is 27.2. The molecule has 2 bridgehead atoms. The summed E-state index contributed by atoms with van der Waals surface area (Å²) in [4.78, 5) is 5.83. The summed E-state index contributed by atoms with van der Waals surface area (Å²) in [6, 6.07) is 2.78. The molecule has 0 atom stereocenters. The van der Waals surface area contributed by atoms with Gasteiger partial charge in [-0.1, -0.05) is 5.92 Å². The molecule has 9 nitrogen and oxygen atoms in total. The van der Waals surface area contributed by atoms with Gasteiger partial charge in [-0.15, -0.1) is 0 Å². The third-order valence-corrected chi connectivity index (χ3v) is 12.8. The number of hydrogen-bond donors (Lipinski definition) is 0. The van der Waals surface area contributed by atoms with Crippen LogP contribution < -0.4 is 4.90 Å². The monoisotopic (exact) mass is 821 g/mol. The van der Waals surface area contributed by atoms with Crippen LogP contribution in [0.2, 0.25) is 0 Å². The number of ether oxygens (including phenoxy) is 7. The average Bonchev–Trinajstić information content (AvgIpc) is 3.08. The number of nitrogens with zero attached hydrogens (tertiary/aromatic N) is 2. The summed E-state index contributed by atoms with van der Waals surface area (Å²) in [6.07, 6.45) is 9.24. The Morgan fingerprint density at radius 1 is 0.759 bits per heavy atom. The number of alkyl halides is 3. The van der Waals surface area contributed by atoms with Gasteiger partial charge in [0, 0.05) is 39.1 Å². The summed E-state index contributed by atoms with van der Waals surface area (Å²) in [7, 11) is 1.78. The van der Waals surface area contributed by atoms with Gasteiger partial charge in [0.2, 0.25) is 0 Å². The molecule has 1 aromatic rings.